The average molecular weight is 140 g/mol. The van der Waals surface area contributed by atoms with Gasteiger partial charge in [0, 0.05) is 6.08 Å². The molecule has 0 aliphatic heterocycles. The smallest absolute Gasteiger partial charge is 0.328 e. The van der Waals surface area contributed by atoms with Crippen LogP contribution in [0.25, 0.3) is 0 Å². The van der Waals surface area contributed by atoms with E-state index in [0.717, 1.165) is 24.8 Å². The molecule has 0 aromatic carbocycles. The van der Waals surface area contributed by atoms with Crippen molar-refractivity contribution in [3.05, 3.63) is 11.6 Å². The van der Waals surface area contributed by atoms with Crippen LogP contribution in [-0.4, -0.2) is 11.1 Å². The maximum Gasteiger partial charge on any atom is 0.328 e. The molecule has 1 aliphatic carbocycles. The number of allylic oxidation sites excluding steroid dienone is 1. The van der Waals surface area contributed by atoms with Gasteiger partial charge in [-0.15, -0.1) is 0 Å². The summed E-state index contributed by atoms with van der Waals surface area (Å²) in [6.45, 7) is 2.09. The molecular weight excluding hydrogens is 128 g/mol. The second-order valence-corrected chi connectivity index (χ2v) is 2.85. The number of carbonyl (C=O) groups is 1. The Morgan fingerprint density at radius 2 is 2.50 bits per heavy atom. The molecule has 1 unspecified atom stereocenters. The van der Waals surface area contributed by atoms with Crippen molar-refractivity contribution in [2.24, 2.45) is 5.92 Å². The summed E-state index contributed by atoms with van der Waals surface area (Å²) in [6, 6.07) is 0. The largest absolute Gasteiger partial charge is 0.478 e. The number of aliphatic carboxylic acids is 1. The molecule has 0 aromatic rings. The summed E-state index contributed by atoms with van der Waals surface area (Å²) in [7, 11) is 0. The van der Waals surface area contributed by atoms with Gasteiger partial charge in [-0.3, -0.25) is 0 Å². The quantitative estimate of drug-likeness (QED) is 0.564. The Hall–Kier alpha value is -0.790. The fourth-order valence-corrected chi connectivity index (χ4v) is 1.42. The van der Waals surface area contributed by atoms with Crippen LogP contribution < -0.4 is 0 Å². The lowest BCUT2D eigenvalue weighted by Crippen LogP contribution is -1.94. The van der Waals surface area contributed by atoms with Crippen molar-refractivity contribution in [3.8, 4) is 0 Å². The van der Waals surface area contributed by atoms with Gasteiger partial charge in [-0.1, -0.05) is 12.5 Å². The molecule has 1 atom stereocenters. The van der Waals surface area contributed by atoms with Gasteiger partial charge >= 0.3 is 5.97 Å². The zero-order chi connectivity index (χ0) is 7.56. The minimum absolute atomic E-state index is 0.496. The van der Waals surface area contributed by atoms with Crippen molar-refractivity contribution >= 4 is 5.97 Å². The number of rotatable bonds is 1. The first-order valence-corrected chi connectivity index (χ1v) is 3.63. The van der Waals surface area contributed by atoms with Gasteiger partial charge in [0.1, 0.15) is 0 Å². The third-order valence-electron chi connectivity index (χ3n) is 2.04. The summed E-state index contributed by atoms with van der Waals surface area (Å²) in [5.41, 5.74) is 1.10. The molecule has 2 nitrogen and oxygen atoms in total. The molecule has 1 N–H and O–H groups in total. The summed E-state index contributed by atoms with van der Waals surface area (Å²) in [5.74, 6) is -0.306. The van der Waals surface area contributed by atoms with Gasteiger partial charge in [-0.05, 0) is 25.2 Å². The van der Waals surface area contributed by atoms with Gasteiger partial charge in [-0.2, -0.15) is 0 Å². The topological polar surface area (TPSA) is 37.3 Å². The molecule has 56 valence electrons. The number of carboxylic acid groups (broad SMARTS) is 1. The van der Waals surface area contributed by atoms with E-state index in [-0.39, 0.29) is 0 Å². The Kier molecular flexibility index (Phi) is 2.10. The summed E-state index contributed by atoms with van der Waals surface area (Å²) >= 11 is 0. The van der Waals surface area contributed by atoms with Crippen molar-refractivity contribution in [2.75, 3.05) is 0 Å². The molecule has 0 saturated heterocycles. The van der Waals surface area contributed by atoms with Crippen LogP contribution in [0, 0.1) is 5.92 Å². The second kappa shape index (κ2) is 2.86. The van der Waals surface area contributed by atoms with Crippen LogP contribution in [0.4, 0.5) is 0 Å². The zero-order valence-electron chi connectivity index (χ0n) is 6.13. The SMILES string of the molecule is CC1CCCC1=CC(=O)O. The summed E-state index contributed by atoms with van der Waals surface area (Å²) in [6.07, 6.45) is 4.64. The van der Waals surface area contributed by atoms with E-state index in [1.54, 1.807) is 0 Å². The van der Waals surface area contributed by atoms with Gasteiger partial charge < -0.3 is 5.11 Å². The van der Waals surface area contributed by atoms with E-state index in [2.05, 4.69) is 6.92 Å². The van der Waals surface area contributed by atoms with Crippen molar-refractivity contribution in [1.82, 2.24) is 0 Å². The van der Waals surface area contributed by atoms with Crippen LogP contribution in [0.1, 0.15) is 26.2 Å². The lowest BCUT2D eigenvalue weighted by atomic mass is 10.1. The second-order valence-electron chi connectivity index (χ2n) is 2.85. The van der Waals surface area contributed by atoms with E-state index < -0.39 is 5.97 Å². The van der Waals surface area contributed by atoms with Crippen molar-refractivity contribution in [3.63, 3.8) is 0 Å². The van der Waals surface area contributed by atoms with Gasteiger partial charge in [0.05, 0.1) is 0 Å². The molecule has 1 saturated carbocycles. The van der Waals surface area contributed by atoms with Gasteiger partial charge in [0.25, 0.3) is 0 Å². The maximum absolute atomic E-state index is 10.2. The highest BCUT2D eigenvalue weighted by molar-refractivity contribution is 5.80. The molecule has 0 aromatic heterocycles. The van der Waals surface area contributed by atoms with Gasteiger partial charge in [0.15, 0.2) is 0 Å². The number of hydrogen-bond acceptors (Lipinski definition) is 1. The molecular formula is C8H12O2. The van der Waals surface area contributed by atoms with Gasteiger partial charge in [0.2, 0.25) is 0 Å². The lowest BCUT2D eigenvalue weighted by Gasteiger charge is -2.00. The Labute approximate surface area is 60.6 Å². The van der Waals surface area contributed by atoms with Crippen molar-refractivity contribution in [1.29, 1.82) is 0 Å². The van der Waals surface area contributed by atoms with Crippen LogP contribution in [0.3, 0.4) is 0 Å². The molecule has 0 spiro atoms. The first kappa shape index (κ1) is 7.32. The summed E-state index contributed by atoms with van der Waals surface area (Å²) in [4.78, 5) is 10.2. The highest BCUT2D eigenvalue weighted by Crippen LogP contribution is 2.29. The van der Waals surface area contributed by atoms with Crippen molar-refractivity contribution < 1.29 is 9.90 Å². The highest BCUT2D eigenvalue weighted by Gasteiger charge is 2.16. The molecule has 2 heteroatoms. The predicted molar refractivity (Wildman–Crippen MR) is 38.7 cm³/mol. The van der Waals surface area contributed by atoms with E-state index in [1.807, 2.05) is 0 Å². The van der Waals surface area contributed by atoms with E-state index in [1.165, 1.54) is 6.08 Å². The molecule has 0 bridgehead atoms. The third kappa shape index (κ3) is 1.59. The first-order valence-electron chi connectivity index (χ1n) is 3.63. The Balaban J connectivity index is 2.62. The van der Waals surface area contributed by atoms with Gasteiger partial charge in [-0.25, -0.2) is 4.79 Å². The fourth-order valence-electron chi connectivity index (χ4n) is 1.42. The molecule has 0 amide bonds. The minimum Gasteiger partial charge on any atom is -0.478 e. The van der Waals surface area contributed by atoms with Crippen LogP contribution in [0.5, 0.6) is 0 Å². The van der Waals surface area contributed by atoms with Crippen LogP contribution in [0.2, 0.25) is 0 Å². The lowest BCUT2D eigenvalue weighted by molar-refractivity contribution is -0.131. The van der Waals surface area contributed by atoms with Crippen molar-refractivity contribution in [2.45, 2.75) is 26.2 Å². The fraction of sp³-hybridized carbons (Fsp3) is 0.625. The highest BCUT2D eigenvalue weighted by atomic mass is 16.4. The van der Waals surface area contributed by atoms with Crippen LogP contribution in [-0.2, 0) is 4.79 Å². The zero-order valence-corrected chi connectivity index (χ0v) is 6.13. The number of carboxylic acids is 1. The Morgan fingerprint density at radius 1 is 1.80 bits per heavy atom. The standard InChI is InChI=1S/C8H12O2/c1-6-3-2-4-7(6)5-8(9)10/h5-6H,2-4H2,1H3,(H,9,10). The van der Waals surface area contributed by atoms with Crippen LogP contribution >= 0.6 is 0 Å². The van der Waals surface area contributed by atoms with Crippen LogP contribution in [0.15, 0.2) is 11.6 Å². The summed E-state index contributed by atoms with van der Waals surface area (Å²) < 4.78 is 0. The molecule has 1 rings (SSSR count). The Bertz CT molecular complexity index is 170. The molecule has 1 aliphatic rings. The van der Waals surface area contributed by atoms with E-state index in [4.69, 9.17) is 5.11 Å². The predicted octanol–water partition coefficient (Wildman–Crippen LogP) is 1.82. The molecule has 1 fully saturated rings. The average Bonchev–Trinajstić information content (AvgIpc) is 2.15. The third-order valence-corrected chi connectivity index (χ3v) is 2.04. The first-order chi connectivity index (χ1) is 4.70. The normalized spacial score (nSPS) is 29.3. The van der Waals surface area contributed by atoms with E-state index in [9.17, 15) is 4.79 Å². The monoisotopic (exact) mass is 140 g/mol. The van der Waals surface area contributed by atoms with E-state index >= 15 is 0 Å². The Morgan fingerprint density at radius 3 is 2.90 bits per heavy atom. The maximum atomic E-state index is 10.2. The summed E-state index contributed by atoms with van der Waals surface area (Å²) in [5, 5.41) is 8.42. The molecule has 0 heterocycles. The molecule has 10 heavy (non-hydrogen) atoms. The van der Waals surface area contributed by atoms with E-state index in [0.29, 0.717) is 5.92 Å². The minimum atomic E-state index is -0.802. The molecule has 0 radical (unpaired) electrons. The number of hydrogen-bond donors (Lipinski definition) is 1.